The highest BCUT2D eigenvalue weighted by Gasteiger charge is 2.33. The molecule has 1 aliphatic rings. The summed E-state index contributed by atoms with van der Waals surface area (Å²) in [5.41, 5.74) is 7.09. The van der Waals surface area contributed by atoms with Crippen LogP contribution in [0.25, 0.3) is 0 Å². The first kappa shape index (κ1) is 15.5. The van der Waals surface area contributed by atoms with Crippen LogP contribution < -0.4 is 5.73 Å². The van der Waals surface area contributed by atoms with E-state index in [4.69, 9.17) is 5.73 Å². The van der Waals surface area contributed by atoms with E-state index in [0.29, 0.717) is 6.04 Å². The van der Waals surface area contributed by atoms with E-state index < -0.39 is 0 Å². The van der Waals surface area contributed by atoms with Crippen LogP contribution in [-0.4, -0.2) is 23.5 Å². The van der Waals surface area contributed by atoms with Gasteiger partial charge in [-0.2, -0.15) is 0 Å². The second-order valence-electron chi connectivity index (χ2n) is 6.27. The maximum absolute atomic E-state index is 14.2. The van der Waals surface area contributed by atoms with Gasteiger partial charge in [0.1, 0.15) is 5.82 Å². The Hall–Kier alpha value is -0.930. The van der Waals surface area contributed by atoms with Crippen LogP contribution >= 0.6 is 0 Å². The van der Waals surface area contributed by atoms with Crippen LogP contribution in [0.5, 0.6) is 0 Å². The molecule has 0 bridgehead atoms. The highest BCUT2D eigenvalue weighted by atomic mass is 19.1. The monoisotopic (exact) mass is 278 g/mol. The molecule has 0 aliphatic heterocycles. The van der Waals surface area contributed by atoms with Gasteiger partial charge in [0.15, 0.2) is 0 Å². The largest absolute Gasteiger partial charge is 0.326 e. The van der Waals surface area contributed by atoms with E-state index >= 15 is 0 Å². The van der Waals surface area contributed by atoms with Crippen molar-refractivity contribution in [3.63, 3.8) is 0 Å². The summed E-state index contributed by atoms with van der Waals surface area (Å²) in [6, 6.07) is 7.39. The Kier molecular flexibility index (Phi) is 5.17. The summed E-state index contributed by atoms with van der Waals surface area (Å²) in [5.74, 6) is 0.638. The van der Waals surface area contributed by atoms with Gasteiger partial charge in [-0.3, -0.25) is 4.90 Å². The second-order valence-corrected chi connectivity index (χ2v) is 6.27. The van der Waals surface area contributed by atoms with E-state index in [9.17, 15) is 4.39 Å². The summed E-state index contributed by atoms with van der Waals surface area (Å²) in [5, 5.41) is 0. The molecule has 1 fully saturated rings. The smallest absolute Gasteiger partial charge is 0.128 e. The summed E-state index contributed by atoms with van der Waals surface area (Å²) in [4.78, 5) is 2.39. The third kappa shape index (κ3) is 3.58. The number of benzene rings is 1. The molecule has 0 spiro atoms. The van der Waals surface area contributed by atoms with Crippen molar-refractivity contribution in [3.05, 3.63) is 35.6 Å². The van der Waals surface area contributed by atoms with Crippen LogP contribution in [-0.2, 0) is 0 Å². The standard InChI is InChI=1S/C17H27FN2/c1-4-16(19)17(14-7-5-6-8-15(14)18)20(12(2)3)11-13-9-10-13/h5-8,12-13,16-17H,4,9-11,19H2,1-3H3. The summed E-state index contributed by atoms with van der Waals surface area (Å²) in [6.07, 6.45) is 3.45. The number of halogens is 1. The van der Waals surface area contributed by atoms with Crippen molar-refractivity contribution in [2.45, 2.75) is 58.2 Å². The minimum atomic E-state index is -0.136. The fraction of sp³-hybridized carbons (Fsp3) is 0.647. The molecule has 0 heterocycles. The van der Waals surface area contributed by atoms with Crippen molar-refractivity contribution in [1.82, 2.24) is 4.90 Å². The fourth-order valence-corrected chi connectivity index (χ4v) is 2.84. The zero-order chi connectivity index (χ0) is 14.7. The van der Waals surface area contributed by atoms with E-state index in [2.05, 4.69) is 25.7 Å². The Morgan fingerprint density at radius 1 is 1.30 bits per heavy atom. The lowest BCUT2D eigenvalue weighted by molar-refractivity contribution is 0.121. The maximum Gasteiger partial charge on any atom is 0.128 e. The fourth-order valence-electron chi connectivity index (χ4n) is 2.84. The normalized spacial score (nSPS) is 18.6. The lowest BCUT2D eigenvalue weighted by atomic mass is 9.94. The molecule has 2 rings (SSSR count). The molecule has 0 radical (unpaired) electrons. The molecule has 2 unspecified atom stereocenters. The molecule has 1 aromatic rings. The SMILES string of the molecule is CCC(N)C(c1ccccc1F)N(CC1CC1)C(C)C. The lowest BCUT2D eigenvalue weighted by Crippen LogP contribution is -2.45. The summed E-state index contributed by atoms with van der Waals surface area (Å²) in [7, 11) is 0. The third-order valence-electron chi connectivity index (χ3n) is 4.29. The van der Waals surface area contributed by atoms with Gasteiger partial charge in [0.2, 0.25) is 0 Å². The molecule has 3 heteroatoms. The van der Waals surface area contributed by atoms with Crippen molar-refractivity contribution in [2.75, 3.05) is 6.54 Å². The van der Waals surface area contributed by atoms with Gasteiger partial charge in [0, 0.05) is 24.2 Å². The number of nitrogens with two attached hydrogens (primary N) is 1. The molecule has 2 atom stereocenters. The summed E-state index contributed by atoms with van der Waals surface area (Å²) >= 11 is 0. The third-order valence-corrected chi connectivity index (χ3v) is 4.29. The van der Waals surface area contributed by atoms with Gasteiger partial charge in [-0.15, -0.1) is 0 Å². The predicted octanol–water partition coefficient (Wildman–Crippen LogP) is 3.72. The summed E-state index contributed by atoms with van der Waals surface area (Å²) in [6.45, 7) is 7.47. The van der Waals surface area contributed by atoms with Gasteiger partial charge in [-0.1, -0.05) is 25.1 Å². The van der Waals surface area contributed by atoms with E-state index in [-0.39, 0.29) is 17.9 Å². The van der Waals surface area contributed by atoms with E-state index in [1.165, 1.54) is 12.8 Å². The Morgan fingerprint density at radius 2 is 1.95 bits per heavy atom. The number of nitrogens with zero attached hydrogens (tertiary/aromatic N) is 1. The minimum absolute atomic E-state index is 0.0261. The van der Waals surface area contributed by atoms with Gasteiger partial charge in [0.05, 0.1) is 6.04 Å². The highest BCUT2D eigenvalue weighted by Crippen LogP contribution is 2.36. The van der Waals surface area contributed by atoms with Gasteiger partial charge < -0.3 is 5.73 Å². The van der Waals surface area contributed by atoms with Crippen LogP contribution in [0.3, 0.4) is 0 Å². The van der Waals surface area contributed by atoms with Crippen LogP contribution in [0.1, 0.15) is 51.6 Å². The van der Waals surface area contributed by atoms with Crippen LogP contribution in [0, 0.1) is 11.7 Å². The molecule has 1 saturated carbocycles. The lowest BCUT2D eigenvalue weighted by Gasteiger charge is -2.38. The first-order valence-electron chi connectivity index (χ1n) is 7.80. The average molecular weight is 278 g/mol. The molecule has 0 saturated heterocycles. The van der Waals surface area contributed by atoms with E-state index in [0.717, 1.165) is 24.4 Å². The van der Waals surface area contributed by atoms with Crippen molar-refractivity contribution in [1.29, 1.82) is 0 Å². The van der Waals surface area contributed by atoms with Crippen LogP contribution in [0.2, 0.25) is 0 Å². The molecule has 112 valence electrons. The zero-order valence-electron chi connectivity index (χ0n) is 12.8. The Bertz CT molecular complexity index is 429. The molecule has 1 aliphatic carbocycles. The van der Waals surface area contributed by atoms with Crippen molar-refractivity contribution in [3.8, 4) is 0 Å². The molecular weight excluding hydrogens is 251 g/mol. The summed E-state index contributed by atoms with van der Waals surface area (Å²) < 4.78 is 14.2. The minimum Gasteiger partial charge on any atom is -0.326 e. The van der Waals surface area contributed by atoms with Gasteiger partial charge in [-0.05, 0) is 45.1 Å². The number of hydrogen-bond donors (Lipinski definition) is 1. The topological polar surface area (TPSA) is 29.3 Å². The van der Waals surface area contributed by atoms with Gasteiger partial charge in [-0.25, -0.2) is 4.39 Å². The van der Waals surface area contributed by atoms with Crippen LogP contribution in [0.4, 0.5) is 4.39 Å². The van der Waals surface area contributed by atoms with E-state index in [1.54, 1.807) is 12.1 Å². The van der Waals surface area contributed by atoms with Crippen LogP contribution in [0.15, 0.2) is 24.3 Å². The predicted molar refractivity (Wildman–Crippen MR) is 82.0 cm³/mol. The number of rotatable bonds is 7. The molecule has 2 N–H and O–H groups in total. The Balaban J connectivity index is 2.31. The van der Waals surface area contributed by atoms with Gasteiger partial charge in [0.25, 0.3) is 0 Å². The van der Waals surface area contributed by atoms with Crippen molar-refractivity contribution in [2.24, 2.45) is 11.7 Å². The molecule has 1 aromatic carbocycles. The second kappa shape index (κ2) is 6.68. The van der Waals surface area contributed by atoms with Crippen molar-refractivity contribution >= 4 is 0 Å². The van der Waals surface area contributed by atoms with E-state index in [1.807, 2.05) is 12.1 Å². The Morgan fingerprint density at radius 3 is 2.45 bits per heavy atom. The molecular formula is C17H27FN2. The van der Waals surface area contributed by atoms with Crippen molar-refractivity contribution < 1.29 is 4.39 Å². The average Bonchev–Trinajstić information content (AvgIpc) is 3.23. The number of hydrogen-bond acceptors (Lipinski definition) is 2. The molecule has 2 nitrogen and oxygen atoms in total. The molecule has 20 heavy (non-hydrogen) atoms. The zero-order valence-corrected chi connectivity index (χ0v) is 12.8. The highest BCUT2D eigenvalue weighted by molar-refractivity contribution is 5.23. The Labute approximate surface area is 122 Å². The first-order valence-corrected chi connectivity index (χ1v) is 7.80. The molecule has 0 aromatic heterocycles. The quantitative estimate of drug-likeness (QED) is 0.823. The van der Waals surface area contributed by atoms with Gasteiger partial charge >= 0.3 is 0 Å². The first-order chi connectivity index (χ1) is 9.54. The molecule has 0 amide bonds. The maximum atomic E-state index is 14.2.